The van der Waals surface area contributed by atoms with E-state index in [0.717, 1.165) is 17.8 Å². The largest absolute Gasteiger partial charge is 0.493 e. The first-order valence-corrected chi connectivity index (χ1v) is 6.46. The van der Waals surface area contributed by atoms with Crippen LogP contribution in [0.5, 0.6) is 17.4 Å². The fraction of sp³-hybridized carbons (Fsp3) is 0.188. The lowest BCUT2D eigenvalue weighted by atomic mass is 10.2. The van der Waals surface area contributed by atoms with Crippen molar-refractivity contribution in [3.63, 3.8) is 0 Å². The van der Waals surface area contributed by atoms with E-state index in [-0.39, 0.29) is 5.88 Å². The third kappa shape index (κ3) is 3.78. The normalized spacial score (nSPS) is 11.7. The molecule has 3 nitrogen and oxygen atoms in total. The molecule has 0 spiro atoms. The van der Waals surface area contributed by atoms with Gasteiger partial charge in [0.15, 0.2) is 11.5 Å². The third-order valence-corrected chi connectivity index (χ3v) is 2.82. The predicted molar refractivity (Wildman–Crippen MR) is 77.0 cm³/mol. The smallest absolute Gasteiger partial charge is 0.417 e. The first-order valence-electron chi connectivity index (χ1n) is 6.46. The third-order valence-electron chi connectivity index (χ3n) is 2.82. The van der Waals surface area contributed by atoms with Crippen LogP contribution in [-0.4, -0.2) is 12.1 Å². The van der Waals surface area contributed by atoms with Gasteiger partial charge >= 0.3 is 6.18 Å². The van der Waals surface area contributed by atoms with Crippen molar-refractivity contribution >= 4 is 6.08 Å². The molecule has 116 valence electrons. The van der Waals surface area contributed by atoms with Crippen LogP contribution in [-0.2, 0) is 6.18 Å². The molecular formula is C16H14F3NO2. The molecule has 6 heteroatoms. The first-order chi connectivity index (χ1) is 10.4. The highest BCUT2D eigenvalue weighted by Crippen LogP contribution is 2.33. The van der Waals surface area contributed by atoms with Gasteiger partial charge in [-0.05, 0) is 30.7 Å². The molecule has 1 aromatic heterocycles. The number of alkyl halides is 3. The molecule has 2 aromatic rings. The van der Waals surface area contributed by atoms with Gasteiger partial charge in [0.05, 0.1) is 12.7 Å². The molecular weight excluding hydrogens is 295 g/mol. The van der Waals surface area contributed by atoms with E-state index in [1.165, 1.54) is 13.2 Å². The van der Waals surface area contributed by atoms with Gasteiger partial charge in [0.1, 0.15) is 0 Å². The SMILES string of the molecule is C/C=C/c1ccc(Oc2ccc(C(F)(F)F)cn2)c(OC)c1. The van der Waals surface area contributed by atoms with Gasteiger partial charge < -0.3 is 9.47 Å². The molecule has 0 aliphatic rings. The lowest BCUT2D eigenvalue weighted by Gasteiger charge is -2.11. The number of allylic oxidation sites excluding steroid dienone is 1. The molecule has 0 fully saturated rings. The Morgan fingerprint density at radius 2 is 1.86 bits per heavy atom. The summed E-state index contributed by atoms with van der Waals surface area (Å²) in [5.74, 6) is 0.908. The summed E-state index contributed by atoms with van der Waals surface area (Å²) in [5, 5.41) is 0. The summed E-state index contributed by atoms with van der Waals surface area (Å²) in [6.45, 7) is 1.89. The van der Waals surface area contributed by atoms with E-state index in [4.69, 9.17) is 9.47 Å². The fourth-order valence-corrected chi connectivity index (χ4v) is 1.79. The molecule has 2 rings (SSSR count). The minimum atomic E-state index is -4.42. The van der Waals surface area contributed by atoms with Gasteiger partial charge in [-0.1, -0.05) is 18.2 Å². The summed E-state index contributed by atoms with van der Waals surface area (Å²) in [6.07, 6.45) is 0.0861. The number of ether oxygens (including phenoxy) is 2. The van der Waals surface area contributed by atoms with E-state index in [9.17, 15) is 13.2 Å². The molecule has 0 saturated heterocycles. The highest BCUT2D eigenvalue weighted by Gasteiger charge is 2.30. The minimum absolute atomic E-state index is 0.0603. The van der Waals surface area contributed by atoms with Crippen molar-refractivity contribution in [1.82, 2.24) is 4.98 Å². The van der Waals surface area contributed by atoms with Gasteiger partial charge in [-0.25, -0.2) is 4.98 Å². The highest BCUT2D eigenvalue weighted by atomic mass is 19.4. The molecule has 0 aliphatic heterocycles. The van der Waals surface area contributed by atoms with Crippen molar-refractivity contribution < 1.29 is 22.6 Å². The van der Waals surface area contributed by atoms with Crippen molar-refractivity contribution in [2.75, 3.05) is 7.11 Å². The van der Waals surface area contributed by atoms with Gasteiger partial charge in [0.25, 0.3) is 0 Å². The summed E-state index contributed by atoms with van der Waals surface area (Å²) >= 11 is 0. The molecule has 0 bridgehead atoms. The van der Waals surface area contributed by atoms with Gasteiger partial charge in [-0.3, -0.25) is 0 Å². The molecule has 0 saturated carbocycles. The van der Waals surface area contributed by atoms with Crippen LogP contribution in [0, 0.1) is 0 Å². The van der Waals surface area contributed by atoms with E-state index in [1.807, 2.05) is 25.1 Å². The topological polar surface area (TPSA) is 31.4 Å². The van der Waals surface area contributed by atoms with Gasteiger partial charge in [-0.15, -0.1) is 0 Å². The highest BCUT2D eigenvalue weighted by molar-refractivity contribution is 5.56. The zero-order valence-corrected chi connectivity index (χ0v) is 12.0. The quantitative estimate of drug-likeness (QED) is 0.802. The molecule has 1 aromatic carbocycles. The minimum Gasteiger partial charge on any atom is -0.493 e. The van der Waals surface area contributed by atoms with Gasteiger partial charge in [0, 0.05) is 12.3 Å². The first kappa shape index (κ1) is 15.9. The molecule has 0 N–H and O–H groups in total. The number of aromatic nitrogens is 1. The van der Waals surface area contributed by atoms with E-state index in [1.54, 1.807) is 12.1 Å². The molecule has 0 atom stereocenters. The summed E-state index contributed by atoms with van der Waals surface area (Å²) in [5.41, 5.74) is 0.0994. The van der Waals surface area contributed by atoms with Crippen molar-refractivity contribution in [2.45, 2.75) is 13.1 Å². The van der Waals surface area contributed by atoms with Crippen molar-refractivity contribution in [2.24, 2.45) is 0 Å². The Hall–Kier alpha value is -2.50. The average Bonchev–Trinajstić information content (AvgIpc) is 2.48. The fourth-order valence-electron chi connectivity index (χ4n) is 1.79. The number of methoxy groups -OCH3 is 1. The van der Waals surface area contributed by atoms with Crippen LogP contribution in [0.1, 0.15) is 18.1 Å². The van der Waals surface area contributed by atoms with Crippen LogP contribution in [0.2, 0.25) is 0 Å². The van der Waals surface area contributed by atoms with Gasteiger partial charge in [0.2, 0.25) is 5.88 Å². The predicted octanol–water partition coefficient (Wildman–Crippen LogP) is 4.93. The molecule has 0 aliphatic carbocycles. The Labute approximate surface area is 126 Å². The van der Waals surface area contributed by atoms with Crippen LogP contribution in [0.15, 0.2) is 42.6 Å². The van der Waals surface area contributed by atoms with Crippen LogP contribution in [0.3, 0.4) is 0 Å². The Kier molecular flexibility index (Phi) is 4.70. The Bertz CT molecular complexity index is 664. The van der Waals surface area contributed by atoms with Crippen LogP contribution >= 0.6 is 0 Å². The van der Waals surface area contributed by atoms with E-state index in [2.05, 4.69) is 4.98 Å². The summed E-state index contributed by atoms with van der Waals surface area (Å²) in [6, 6.07) is 7.33. The molecule has 0 amide bonds. The molecule has 22 heavy (non-hydrogen) atoms. The van der Waals surface area contributed by atoms with Crippen LogP contribution in [0.25, 0.3) is 6.08 Å². The number of rotatable bonds is 4. The second-order valence-corrected chi connectivity index (χ2v) is 4.40. The van der Waals surface area contributed by atoms with E-state index < -0.39 is 11.7 Å². The van der Waals surface area contributed by atoms with Crippen molar-refractivity contribution in [3.8, 4) is 17.4 Å². The van der Waals surface area contributed by atoms with Crippen LogP contribution < -0.4 is 9.47 Å². The zero-order chi connectivity index (χ0) is 16.2. The van der Waals surface area contributed by atoms with Crippen LogP contribution in [0.4, 0.5) is 13.2 Å². The van der Waals surface area contributed by atoms with E-state index >= 15 is 0 Å². The van der Waals surface area contributed by atoms with Crippen molar-refractivity contribution in [3.05, 3.63) is 53.7 Å². The average molecular weight is 309 g/mol. The second kappa shape index (κ2) is 6.51. The summed E-state index contributed by atoms with van der Waals surface area (Å²) < 4.78 is 48.1. The Morgan fingerprint density at radius 1 is 1.09 bits per heavy atom. The van der Waals surface area contributed by atoms with E-state index in [0.29, 0.717) is 11.5 Å². The number of pyridine rings is 1. The maximum Gasteiger partial charge on any atom is 0.417 e. The molecule has 1 heterocycles. The van der Waals surface area contributed by atoms with Crippen molar-refractivity contribution in [1.29, 1.82) is 0 Å². The molecule has 0 radical (unpaired) electrons. The maximum atomic E-state index is 12.5. The Balaban J connectivity index is 2.23. The number of hydrogen-bond acceptors (Lipinski definition) is 3. The lowest BCUT2D eigenvalue weighted by molar-refractivity contribution is -0.137. The monoisotopic (exact) mass is 309 g/mol. The summed E-state index contributed by atoms with van der Waals surface area (Å²) in [7, 11) is 1.49. The lowest BCUT2D eigenvalue weighted by Crippen LogP contribution is -2.05. The standard InChI is InChI=1S/C16H14F3NO2/c1-3-4-11-5-7-13(14(9-11)21-2)22-15-8-6-12(10-20-15)16(17,18)19/h3-10H,1-2H3/b4-3+. The number of halogens is 3. The number of benzene rings is 1. The molecule has 0 unspecified atom stereocenters. The summed E-state index contributed by atoms with van der Waals surface area (Å²) in [4.78, 5) is 3.66. The number of hydrogen-bond donors (Lipinski definition) is 0. The Morgan fingerprint density at radius 3 is 2.41 bits per heavy atom. The second-order valence-electron chi connectivity index (χ2n) is 4.40. The number of nitrogens with zero attached hydrogens (tertiary/aromatic N) is 1. The maximum absolute atomic E-state index is 12.5. The zero-order valence-electron chi connectivity index (χ0n) is 12.0. The van der Waals surface area contributed by atoms with Gasteiger partial charge in [-0.2, -0.15) is 13.2 Å².